The molecule has 2 aliphatic rings. The van der Waals surface area contributed by atoms with Crippen LogP contribution in [0.15, 0.2) is 54.6 Å². The lowest BCUT2D eigenvalue weighted by Gasteiger charge is -2.33. The minimum Gasteiger partial charge on any atom is -0.335 e. The third-order valence-corrected chi connectivity index (χ3v) is 5.85. The summed E-state index contributed by atoms with van der Waals surface area (Å²) in [5.74, 6) is 0. The smallest absolute Gasteiger partial charge is 0.315 e. The highest BCUT2D eigenvalue weighted by atomic mass is 16.2. The Morgan fingerprint density at radius 1 is 0.926 bits per heavy atom. The highest BCUT2D eigenvalue weighted by Gasteiger charge is 2.24. The average Bonchev–Trinajstić information content (AvgIpc) is 2.71. The van der Waals surface area contributed by atoms with Gasteiger partial charge in [-0.2, -0.15) is 0 Å². The fraction of sp³-hybridized carbons (Fsp3) is 0.435. The molecule has 1 aliphatic heterocycles. The van der Waals surface area contributed by atoms with E-state index in [4.69, 9.17) is 0 Å². The number of fused-ring (bicyclic) bond motifs is 1. The first kappa shape index (κ1) is 18.1. The maximum atomic E-state index is 12.5. The second-order valence-electron chi connectivity index (χ2n) is 7.80. The second kappa shape index (κ2) is 8.57. The summed E-state index contributed by atoms with van der Waals surface area (Å²) in [6.45, 7) is 3.07. The number of likely N-dealkylation sites (tertiary alicyclic amines) is 1. The van der Waals surface area contributed by atoms with E-state index in [9.17, 15) is 4.79 Å². The number of carbonyl (C=O) groups excluding carboxylic acids is 1. The Balaban J connectivity index is 1.24. The zero-order valence-electron chi connectivity index (χ0n) is 15.9. The number of nitrogens with zero attached hydrogens (tertiary/aromatic N) is 1. The van der Waals surface area contributed by atoms with Crippen LogP contribution in [0.2, 0.25) is 0 Å². The van der Waals surface area contributed by atoms with E-state index < -0.39 is 0 Å². The Labute approximate surface area is 162 Å². The molecule has 2 N–H and O–H groups in total. The van der Waals surface area contributed by atoms with Gasteiger partial charge >= 0.3 is 6.03 Å². The highest BCUT2D eigenvalue weighted by molar-refractivity contribution is 5.75. The lowest BCUT2D eigenvalue weighted by molar-refractivity contribution is 0.185. The Bertz CT molecular complexity index is 753. The molecule has 4 heteroatoms. The van der Waals surface area contributed by atoms with Gasteiger partial charge in [0, 0.05) is 25.7 Å². The first-order chi connectivity index (χ1) is 13.3. The Morgan fingerprint density at radius 2 is 1.67 bits per heavy atom. The van der Waals surface area contributed by atoms with Crippen LogP contribution in [0.4, 0.5) is 4.79 Å². The number of hydrogen-bond acceptors (Lipinski definition) is 2. The van der Waals surface area contributed by atoms with Crippen molar-refractivity contribution in [1.29, 1.82) is 0 Å². The quantitative estimate of drug-likeness (QED) is 0.861. The molecule has 142 valence electrons. The number of nitrogens with one attached hydrogen (secondary N) is 2. The number of hydrogen-bond donors (Lipinski definition) is 2. The predicted octanol–water partition coefficient (Wildman–Crippen LogP) is 4.03. The maximum absolute atomic E-state index is 12.5. The molecule has 4 rings (SSSR count). The zero-order valence-corrected chi connectivity index (χ0v) is 15.9. The molecule has 0 unspecified atom stereocenters. The lowest BCUT2D eigenvalue weighted by Crippen LogP contribution is -2.48. The zero-order chi connectivity index (χ0) is 18.5. The van der Waals surface area contributed by atoms with E-state index in [1.807, 2.05) is 0 Å². The Morgan fingerprint density at radius 3 is 2.48 bits per heavy atom. The molecular weight excluding hydrogens is 334 g/mol. The summed E-state index contributed by atoms with van der Waals surface area (Å²) in [4.78, 5) is 15.0. The summed E-state index contributed by atoms with van der Waals surface area (Å²) in [6, 6.07) is 19.5. The van der Waals surface area contributed by atoms with E-state index in [1.165, 1.54) is 16.7 Å². The number of aryl methyl sites for hydroxylation is 1. The van der Waals surface area contributed by atoms with Gasteiger partial charge in [0.15, 0.2) is 0 Å². The standard InChI is InChI=1S/C23H29N3O/c27-23(25-22-12-6-10-19-9-4-5-11-21(19)22)24-20-13-15-26(16-14-20)17-18-7-2-1-3-8-18/h1-5,7-9,11,20,22H,6,10,12-17H2,(H2,24,25,27)/t22-/m1/s1. The van der Waals surface area contributed by atoms with Gasteiger partial charge in [-0.05, 0) is 48.8 Å². The minimum atomic E-state index is -0.0155. The molecular formula is C23H29N3O. The van der Waals surface area contributed by atoms with Crippen LogP contribution in [0, 0.1) is 0 Å². The van der Waals surface area contributed by atoms with Crippen LogP contribution in [0.1, 0.15) is 48.4 Å². The maximum Gasteiger partial charge on any atom is 0.315 e. The molecule has 27 heavy (non-hydrogen) atoms. The number of carbonyl (C=O) groups is 1. The van der Waals surface area contributed by atoms with Crippen molar-refractivity contribution in [3.63, 3.8) is 0 Å². The van der Waals surface area contributed by atoms with Gasteiger partial charge in [-0.3, -0.25) is 4.90 Å². The molecule has 0 spiro atoms. The molecule has 1 heterocycles. The minimum absolute atomic E-state index is 0.0155. The summed E-state index contributed by atoms with van der Waals surface area (Å²) in [5.41, 5.74) is 4.03. The van der Waals surface area contributed by atoms with Gasteiger partial charge in [0.25, 0.3) is 0 Å². The van der Waals surface area contributed by atoms with E-state index in [-0.39, 0.29) is 18.1 Å². The lowest BCUT2D eigenvalue weighted by atomic mass is 9.88. The Kier molecular flexibility index (Phi) is 5.73. The van der Waals surface area contributed by atoms with Crippen LogP contribution in [0.3, 0.4) is 0 Å². The first-order valence-corrected chi connectivity index (χ1v) is 10.2. The number of benzene rings is 2. The molecule has 2 aromatic rings. The van der Waals surface area contributed by atoms with Gasteiger partial charge in [0.1, 0.15) is 0 Å². The van der Waals surface area contributed by atoms with Gasteiger partial charge in [0.2, 0.25) is 0 Å². The topological polar surface area (TPSA) is 44.4 Å². The predicted molar refractivity (Wildman–Crippen MR) is 109 cm³/mol. The fourth-order valence-electron chi connectivity index (χ4n) is 4.37. The molecule has 2 aromatic carbocycles. The summed E-state index contributed by atoms with van der Waals surface area (Å²) in [6.07, 6.45) is 5.32. The summed E-state index contributed by atoms with van der Waals surface area (Å²) >= 11 is 0. The van der Waals surface area contributed by atoms with Gasteiger partial charge < -0.3 is 10.6 Å². The molecule has 0 radical (unpaired) electrons. The molecule has 4 nitrogen and oxygen atoms in total. The van der Waals surface area contributed by atoms with Crippen molar-refractivity contribution < 1.29 is 4.79 Å². The number of amides is 2. The molecule has 1 fully saturated rings. The number of urea groups is 1. The molecule has 1 saturated heterocycles. The van der Waals surface area contributed by atoms with Crippen LogP contribution in [0.5, 0.6) is 0 Å². The number of piperidine rings is 1. The molecule has 0 aromatic heterocycles. The largest absolute Gasteiger partial charge is 0.335 e. The SMILES string of the molecule is O=C(NC1CCN(Cc2ccccc2)CC1)N[C@@H]1CCCc2ccccc21. The van der Waals surface area contributed by atoms with Crippen molar-refractivity contribution in [2.24, 2.45) is 0 Å². The summed E-state index contributed by atoms with van der Waals surface area (Å²) < 4.78 is 0. The van der Waals surface area contributed by atoms with Crippen molar-refractivity contribution >= 4 is 6.03 Å². The summed E-state index contributed by atoms with van der Waals surface area (Å²) in [5, 5.41) is 6.41. The van der Waals surface area contributed by atoms with Crippen LogP contribution < -0.4 is 10.6 Å². The van der Waals surface area contributed by atoms with Gasteiger partial charge in [-0.15, -0.1) is 0 Å². The monoisotopic (exact) mass is 363 g/mol. The van der Waals surface area contributed by atoms with Crippen LogP contribution in [0.25, 0.3) is 0 Å². The molecule has 1 aliphatic carbocycles. The van der Waals surface area contributed by atoms with Crippen molar-refractivity contribution in [1.82, 2.24) is 15.5 Å². The van der Waals surface area contributed by atoms with Gasteiger partial charge in [-0.1, -0.05) is 54.6 Å². The third kappa shape index (κ3) is 4.69. The molecule has 0 saturated carbocycles. The normalized spacial score (nSPS) is 20.7. The van der Waals surface area contributed by atoms with Crippen LogP contribution in [-0.2, 0) is 13.0 Å². The van der Waals surface area contributed by atoms with Crippen molar-refractivity contribution in [3.05, 3.63) is 71.3 Å². The van der Waals surface area contributed by atoms with Crippen molar-refractivity contribution in [2.75, 3.05) is 13.1 Å². The molecule has 1 atom stereocenters. The van der Waals surface area contributed by atoms with Crippen molar-refractivity contribution in [3.8, 4) is 0 Å². The van der Waals surface area contributed by atoms with E-state index in [0.29, 0.717) is 0 Å². The fourth-order valence-corrected chi connectivity index (χ4v) is 4.37. The molecule has 2 amide bonds. The highest BCUT2D eigenvalue weighted by Crippen LogP contribution is 2.29. The van der Waals surface area contributed by atoms with Crippen molar-refractivity contribution in [2.45, 2.75) is 50.7 Å². The van der Waals surface area contributed by atoms with Gasteiger partial charge in [-0.25, -0.2) is 4.79 Å². The van der Waals surface area contributed by atoms with E-state index >= 15 is 0 Å². The number of rotatable bonds is 4. The van der Waals surface area contributed by atoms with E-state index in [2.05, 4.69) is 70.1 Å². The van der Waals surface area contributed by atoms with E-state index in [1.54, 1.807) is 0 Å². The second-order valence-corrected chi connectivity index (χ2v) is 7.80. The van der Waals surface area contributed by atoms with Crippen LogP contribution in [-0.4, -0.2) is 30.1 Å². The first-order valence-electron chi connectivity index (χ1n) is 10.2. The third-order valence-electron chi connectivity index (χ3n) is 5.85. The molecule has 0 bridgehead atoms. The Hall–Kier alpha value is -2.33. The average molecular weight is 364 g/mol. The van der Waals surface area contributed by atoms with E-state index in [0.717, 1.165) is 51.7 Å². The summed E-state index contributed by atoms with van der Waals surface area (Å²) in [7, 11) is 0. The van der Waals surface area contributed by atoms with Gasteiger partial charge in [0.05, 0.1) is 6.04 Å². The van der Waals surface area contributed by atoms with Crippen LogP contribution >= 0.6 is 0 Å².